The average molecular weight is 284 g/mol. The summed E-state index contributed by atoms with van der Waals surface area (Å²) in [6.45, 7) is 5.06. The van der Waals surface area contributed by atoms with Crippen molar-refractivity contribution in [1.82, 2.24) is 4.57 Å². The number of aromatic nitrogens is 1. The minimum absolute atomic E-state index is 0.380. The Morgan fingerprint density at radius 1 is 1.30 bits per heavy atom. The topological polar surface area (TPSA) is 48.0 Å². The van der Waals surface area contributed by atoms with Gasteiger partial charge in [0.15, 0.2) is 0 Å². The number of thiophene rings is 1. The van der Waals surface area contributed by atoms with Gasteiger partial charge < -0.3 is 10.3 Å². The lowest BCUT2D eigenvalue weighted by Crippen LogP contribution is -2.10. The van der Waals surface area contributed by atoms with Crippen LogP contribution in [0.3, 0.4) is 0 Å². The molecule has 1 aromatic carbocycles. The lowest BCUT2D eigenvalue weighted by molar-refractivity contribution is 0.100. The highest BCUT2D eigenvalue weighted by molar-refractivity contribution is 7.07. The van der Waals surface area contributed by atoms with E-state index in [1.54, 1.807) is 17.4 Å². The number of nitrogens with two attached hydrogens (primary N) is 1. The highest BCUT2D eigenvalue weighted by Crippen LogP contribution is 2.27. The zero-order chi connectivity index (χ0) is 14.3. The van der Waals surface area contributed by atoms with Crippen LogP contribution >= 0.6 is 11.3 Å². The summed E-state index contributed by atoms with van der Waals surface area (Å²) >= 11 is 1.71. The quantitative estimate of drug-likeness (QED) is 0.786. The molecule has 2 aromatic heterocycles. The molecule has 0 unspecified atom stereocenters. The number of rotatable bonds is 3. The molecule has 0 aliphatic carbocycles. The van der Waals surface area contributed by atoms with Crippen LogP contribution in [-0.2, 0) is 6.54 Å². The van der Waals surface area contributed by atoms with E-state index in [-0.39, 0.29) is 5.91 Å². The molecule has 0 aliphatic heterocycles. The number of aryl methyl sites for hydroxylation is 1. The highest BCUT2D eigenvalue weighted by Gasteiger charge is 2.13. The Hall–Kier alpha value is -2.07. The number of hydrogen-bond donors (Lipinski definition) is 1. The summed E-state index contributed by atoms with van der Waals surface area (Å²) in [5.41, 5.74) is 10.8. The molecular weight excluding hydrogens is 268 g/mol. The van der Waals surface area contributed by atoms with Gasteiger partial charge in [0, 0.05) is 28.7 Å². The second kappa shape index (κ2) is 4.80. The van der Waals surface area contributed by atoms with Crippen molar-refractivity contribution in [2.45, 2.75) is 20.4 Å². The van der Waals surface area contributed by atoms with Crippen molar-refractivity contribution in [2.24, 2.45) is 5.73 Å². The molecule has 0 spiro atoms. The third kappa shape index (κ3) is 2.02. The van der Waals surface area contributed by atoms with E-state index in [2.05, 4.69) is 35.2 Å². The van der Waals surface area contributed by atoms with Gasteiger partial charge in [-0.3, -0.25) is 4.79 Å². The standard InChI is InChI=1S/C16H16N2OS/c1-10-11(2)18(8-12-5-6-20-9-12)15-4-3-13(16(17)19)7-14(10)15/h3-7,9H,8H2,1-2H3,(H2,17,19). The molecule has 0 atom stereocenters. The van der Waals surface area contributed by atoms with Gasteiger partial charge in [-0.1, -0.05) is 0 Å². The first-order valence-electron chi connectivity index (χ1n) is 6.48. The predicted molar refractivity (Wildman–Crippen MR) is 83.4 cm³/mol. The first-order chi connectivity index (χ1) is 9.58. The Labute approximate surface area is 121 Å². The first kappa shape index (κ1) is 12.9. The molecule has 0 saturated carbocycles. The van der Waals surface area contributed by atoms with Crippen molar-refractivity contribution >= 4 is 28.1 Å². The van der Waals surface area contributed by atoms with Gasteiger partial charge in [-0.15, -0.1) is 0 Å². The zero-order valence-electron chi connectivity index (χ0n) is 11.5. The van der Waals surface area contributed by atoms with Gasteiger partial charge in [0.05, 0.1) is 0 Å². The Morgan fingerprint density at radius 2 is 2.10 bits per heavy atom. The maximum Gasteiger partial charge on any atom is 0.248 e. The Balaban J connectivity index is 2.17. The lowest BCUT2D eigenvalue weighted by Gasteiger charge is -2.07. The molecule has 102 valence electrons. The van der Waals surface area contributed by atoms with Crippen LogP contribution in [0.25, 0.3) is 10.9 Å². The fourth-order valence-corrected chi connectivity index (χ4v) is 3.23. The molecule has 0 saturated heterocycles. The van der Waals surface area contributed by atoms with Gasteiger partial charge in [-0.25, -0.2) is 0 Å². The predicted octanol–water partition coefficient (Wildman–Crippen LogP) is 3.47. The van der Waals surface area contributed by atoms with Gasteiger partial charge in [0.1, 0.15) is 0 Å². The molecule has 2 N–H and O–H groups in total. The smallest absolute Gasteiger partial charge is 0.248 e. The van der Waals surface area contributed by atoms with Gasteiger partial charge in [-0.05, 0) is 60.0 Å². The van der Waals surface area contributed by atoms with E-state index >= 15 is 0 Å². The van der Waals surface area contributed by atoms with Gasteiger partial charge in [0.25, 0.3) is 0 Å². The first-order valence-corrected chi connectivity index (χ1v) is 7.42. The molecule has 0 aliphatic rings. The van der Waals surface area contributed by atoms with Crippen molar-refractivity contribution < 1.29 is 4.79 Å². The second-order valence-corrected chi connectivity index (χ2v) is 5.80. The van der Waals surface area contributed by atoms with Crippen LogP contribution < -0.4 is 5.73 Å². The lowest BCUT2D eigenvalue weighted by atomic mass is 10.1. The van der Waals surface area contributed by atoms with E-state index < -0.39 is 0 Å². The normalized spacial score (nSPS) is 11.1. The average Bonchev–Trinajstić information content (AvgIpc) is 3.02. The molecular formula is C16H16N2OS. The summed E-state index contributed by atoms with van der Waals surface area (Å²) in [7, 11) is 0. The van der Waals surface area contributed by atoms with Gasteiger partial charge in [-0.2, -0.15) is 11.3 Å². The molecule has 0 bridgehead atoms. The van der Waals surface area contributed by atoms with E-state index in [9.17, 15) is 4.79 Å². The summed E-state index contributed by atoms with van der Waals surface area (Å²) in [4.78, 5) is 11.3. The molecule has 2 heterocycles. The number of fused-ring (bicyclic) bond motifs is 1. The summed E-state index contributed by atoms with van der Waals surface area (Å²) in [5.74, 6) is -0.380. The molecule has 3 aromatic rings. The summed E-state index contributed by atoms with van der Waals surface area (Å²) in [5, 5.41) is 5.36. The summed E-state index contributed by atoms with van der Waals surface area (Å²) in [6.07, 6.45) is 0. The zero-order valence-corrected chi connectivity index (χ0v) is 12.3. The van der Waals surface area contributed by atoms with E-state index in [1.807, 2.05) is 12.1 Å². The van der Waals surface area contributed by atoms with Crippen LogP contribution in [0.4, 0.5) is 0 Å². The van der Waals surface area contributed by atoms with Crippen molar-refractivity contribution in [3.8, 4) is 0 Å². The fraction of sp³-hybridized carbons (Fsp3) is 0.188. The van der Waals surface area contributed by atoms with Crippen LogP contribution in [0.1, 0.15) is 27.2 Å². The fourth-order valence-electron chi connectivity index (χ4n) is 2.57. The van der Waals surface area contributed by atoms with Crippen molar-refractivity contribution in [2.75, 3.05) is 0 Å². The SMILES string of the molecule is Cc1c(C)n(Cc2ccsc2)c2ccc(C(N)=O)cc12. The third-order valence-corrected chi connectivity index (χ3v) is 4.58. The number of benzene rings is 1. The van der Waals surface area contributed by atoms with Crippen molar-refractivity contribution in [1.29, 1.82) is 0 Å². The number of carbonyl (C=O) groups excluding carboxylic acids is 1. The Kier molecular flexibility index (Phi) is 3.10. The minimum atomic E-state index is -0.380. The van der Waals surface area contributed by atoms with Crippen LogP contribution in [-0.4, -0.2) is 10.5 Å². The van der Waals surface area contributed by atoms with Crippen LogP contribution in [0, 0.1) is 13.8 Å². The minimum Gasteiger partial charge on any atom is -0.366 e. The highest BCUT2D eigenvalue weighted by atomic mass is 32.1. The molecule has 3 nitrogen and oxygen atoms in total. The third-order valence-electron chi connectivity index (χ3n) is 3.84. The van der Waals surface area contributed by atoms with E-state index in [1.165, 1.54) is 16.8 Å². The largest absolute Gasteiger partial charge is 0.366 e. The number of primary amides is 1. The maximum absolute atomic E-state index is 11.3. The monoisotopic (exact) mass is 284 g/mol. The van der Waals surface area contributed by atoms with Crippen LogP contribution in [0.5, 0.6) is 0 Å². The van der Waals surface area contributed by atoms with Crippen LogP contribution in [0.2, 0.25) is 0 Å². The summed E-state index contributed by atoms with van der Waals surface area (Å²) in [6, 6.07) is 7.82. The number of nitrogens with zero attached hydrogens (tertiary/aromatic N) is 1. The Morgan fingerprint density at radius 3 is 2.75 bits per heavy atom. The second-order valence-electron chi connectivity index (χ2n) is 5.02. The molecule has 4 heteroatoms. The van der Waals surface area contributed by atoms with Gasteiger partial charge in [0.2, 0.25) is 5.91 Å². The molecule has 3 rings (SSSR count). The number of hydrogen-bond acceptors (Lipinski definition) is 2. The van der Waals surface area contributed by atoms with E-state index in [0.717, 1.165) is 17.4 Å². The molecule has 0 radical (unpaired) electrons. The number of carbonyl (C=O) groups is 1. The number of amides is 1. The maximum atomic E-state index is 11.3. The molecule has 20 heavy (non-hydrogen) atoms. The van der Waals surface area contributed by atoms with E-state index in [4.69, 9.17) is 5.73 Å². The van der Waals surface area contributed by atoms with E-state index in [0.29, 0.717) is 5.56 Å². The van der Waals surface area contributed by atoms with Gasteiger partial charge >= 0.3 is 0 Å². The molecule has 0 fully saturated rings. The summed E-state index contributed by atoms with van der Waals surface area (Å²) < 4.78 is 2.29. The molecule has 1 amide bonds. The Bertz CT molecular complexity index is 785. The van der Waals surface area contributed by atoms with Crippen molar-refractivity contribution in [3.05, 3.63) is 57.4 Å². The van der Waals surface area contributed by atoms with Crippen LogP contribution in [0.15, 0.2) is 35.0 Å². The van der Waals surface area contributed by atoms with Crippen molar-refractivity contribution in [3.63, 3.8) is 0 Å².